The molecule has 1 aromatic rings. The highest BCUT2D eigenvalue weighted by Gasteiger charge is 2.25. The average molecular weight is 260 g/mol. The van der Waals surface area contributed by atoms with Crippen LogP contribution in [0.25, 0.3) is 0 Å². The van der Waals surface area contributed by atoms with Crippen LogP contribution in [-0.4, -0.2) is 29.8 Å². The first-order chi connectivity index (χ1) is 9.22. The van der Waals surface area contributed by atoms with Crippen molar-refractivity contribution in [2.24, 2.45) is 0 Å². The summed E-state index contributed by atoms with van der Waals surface area (Å²) in [5, 5.41) is 2.86. The predicted molar refractivity (Wildman–Crippen MR) is 73.8 cm³/mol. The van der Waals surface area contributed by atoms with Gasteiger partial charge in [0, 0.05) is 19.5 Å². The van der Waals surface area contributed by atoms with E-state index in [-0.39, 0.29) is 11.8 Å². The Morgan fingerprint density at radius 2 is 1.84 bits per heavy atom. The van der Waals surface area contributed by atoms with Gasteiger partial charge in [0.05, 0.1) is 0 Å². The summed E-state index contributed by atoms with van der Waals surface area (Å²) in [5.41, 5.74) is 0.849. The van der Waals surface area contributed by atoms with Crippen LogP contribution < -0.4 is 5.32 Å². The van der Waals surface area contributed by atoms with Gasteiger partial charge in [-0.2, -0.15) is 0 Å². The number of carbonyl (C=O) groups excluding carboxylic acids is 2. The highest BCUT2D eigenvalue weighted by Crippen LogP contribution is 2.17. The summed E-state index contributed by atoms with van der Waals surface area (Å²) in [7, 11) is 0. The van der Waals surface area contributed by atoms with Crippen LogP contribution in [-0.2, 0) is 4.79 Å². The molecule has 1 heterocycles. The first-order valence-corrected chi connectivity index (χ1v) is 6.85. The zero-order valence-electron chi connectivity index (χ0n) is 11.3. The number of amides is 2. The Hall–Kier alpha value is -1.84. The van der Waals surface area contributed by atoms with Crippen LogP contribution in [0.5, 0.6) is 0 Å². The van der Waals surface area contributed by atoms with Crippen molar-refractivity contribution in [2.45, 2.75) is 32.2 Å². The van der Waals surface area contributed by atoms with Gasteiger partial charge in [-0.1, -0.05) is 37.3 Å². The van der Waals surface area contributed by atoms with Crippen LogP contribution in [0, 0.1) is 0 Å². The maximum atomic E-state index is 12.1. The fraction of sp³-hybridized carbons (Fsp3) is 0.467. The lowest BCUT2D eigenvalue weighted by atomic mass is 10.0. The van der Waals surface area contributed by atoms with Crippen molar-refractivity contribution in [3.63, 3.8) is 0 Å². The molecule has 1 N–H and O–H groups in total. The molecule has 0 aromatic heterocycles. The van der Waals surface area contributed by atoms with Crippen LogP contribution in [0.15, 0.2) is 30.3 Å². The molecule has 0 aliphatic carbocycles. The first-order valence-electron chi connectivity index (χ1n) is 6.85. The number of hydrogen-bond donors (Lipinski definition) is 1. The number of nitrogens with one attached hydrogen (secondary N) is 1. The molecule has 1 fully saturated rings. The molecule has 19 heavy (non-hydrogen) atoms. The number of hydrogen-bond acceptors (Lipinski definition) is 2. The van der Waals surface area contributed by atoms with Crippen molar-refractivity contribution in [2.75, 3.05) is 13.1 Å². The molecule has 0 radical (unpaired) electrons. The normalized spacial score (nSPS) is 16.2. The number of ketones is 1. The van der Waals surface area contributed by atoms with E-state index in [2.05, 4.69) is 5.32 Å². The first kappa shape index (κ1) is 13.6. The maximum absolute atomic E-state index is 12.1. The molecule has 1 aromatic carbocycles. The van der Waals surface area contributed by atoms with Crippen molar-refractivity contribution in [3.8, 4) is 0 Å². The topological polar surface area (TPSA) is 49.4 Å². The van der Waals surface area contributed by atoms with Crippen LogP contribution in [0.4, 0.5) is 4.79 Å². The van der Waals surface area contributed by atoms with Gasteiger partial charge in [0.25, 0.3) is 0 Å². The van der Waals surface area contributed by atoms with Crippen LogP contribution in [0.2, 0.25) is 0 Å². The fourth-order valence-electron chi connectivity index (χ4n) is 2.33. The van der Waals surface area contributed by atoms with Crippen LogP contribution >= 0.6 is 0 Å². The van der Waals surface area contributed by atoms with Gasteiger partial charge in [-0.25, -0.2) is 4.79 Å². The minimum absolute atomic E-state index is 0.0405. The summed E-state index contributed by atoms with van der Waals surface area (Å²) < 4.78 is 0. The summed E-state index contributed by atoms with van der Waals surface area (Å²) in [6.07, 6.45) is 2.51. The van der Waals surface area contributed by atoms with E-state index in [1.807, 2.05) is 37.3 Å². The summed E-state index contributed by atoms with van der Waals surface area (Å²) >= 11 is 0. The third kappa shape index (κ3) is 3.34. The SMILES string of the molecule is CCC(=O)[C@H](NC(=O)N1CCCC1)c1ccccc1. The molecule has 0 unspecified atom stereocenters. The molecule has 0 saturated carbocycles. The maximum Gasteiger partial charge on any atom is 0.318 e. The van der Waals surface area contributed by atoms with E-state index < -0.39 is 6.04 Å². The molecule has 1 aliphatic rings. The lowest BCUT2D eigenvalue weighted by molar-refractivity contribution is -0.120. The monoisotopic (exact) mass is 260 g/mol. The van der Waals surface area contributed by atoms with Gasteiger partial charge in [-0.05, 0) is 18.4 Å². The van der Waals surface area contributed by atoms with E-state index >= 15 is 0 Å². The molecule has 4 nitrogen and oxygen atoms in total. The molecule has 102 valence electrons. The third-order valence-electron chi connectivity index (χ3n) is 3.46. The summed E-state index contributed by atoms with van der Waals surface area (Å²) in [6, 6.07) is 8.76. The molecule has 1 atom stereocenters. The molecular formula is C15H20N2O2. The number of likely N-dealkylation sites (tertiary alicyclic amines) is 1. The summed E-state index contributed by atoms with van der Waals surface area (Å²) in [5.74, 6) is 0.0405. The van der Waals surface area contributed by atoms with E-state index in [9.17, 15) is 9.59 Å². The quantitative estimate of drug-likeness (QED) is 0.904. The molecule has 0 bridgehead atoms. The third-order valence-corrected chi connectivity index (χ3v) is 3.46. The second-order valence-electron chi connectivity index (χ2n) is 4.81. The highest BCUT2D eigenvalue weighted by atomic mass is 16.2. The van der Waals surface area contributed by atoms with Gasteiger partial charge in [-0.15, -0.1) is 0 Å². The van der Waals surface area contributed by atoms with E-state index in [1.54, 1.807) is 4.90 Å². The molecule has 2 rings (SSSR count). The molecular weight excluding hydrogens is 240 g/mol. The lowest BCUT2D eigenvalue weighted by Gasteiger charge is -2.22. The second kappa shape index (κ2) is 6.36. The van der Waals surface area contributed by atoms with Gasteiger partial charge >= 0.3 is 6.03 Å². The average Bonchev–Trinajstić information content (AvgIpc) is 2.99. The summed E-state index contributed by atoms with van der Waals surface area (Å²) in [4.78, 5) is 25.9. The van der Waals surface area contributed by atoms with Gasteiger partial charge < -0.3 is 10.2 Å². The Balaban J connectivity index is 2.10. The van der Waals surface area contributed by atoms with Gasteiger partial charge in [0.2, 0.25) is 0 Å². The standard InChI is InChI=1S/C15H20N2O2/c1-2-13(18)14(12-8-4-3-5-9-12)16-15(19)17-10-6-7-11-17/h3-5,8-9,14H,2,6-7,10-11H2,1H3,(H,16,19)/t14-/m1/s1. The molecule has 1 aliphatic heterocycles. The largest absolute Gasteiger partial charge is 0.325 e. The summed E-state index contributed by atoms with van der Waals surface area (Å²) in [6.45, 7) is 3.39. The van der Waals surface area contributed by atoms with E-state index in [0.29, 0.717) is 6.42 Å². The highest BCUT2D eigenvalue weighted by molar-refractivity contribution is 5.89. The number of benzene rings is 1. The number of urea groups is 1. The van der Waals surface area contributed by atoms with Crippen LogP contribution in [0.3, 0.4) is 0 Å². The van der Waals surface area contributed by atoms with Crippen molar-refractivity contribution in [1.82, 2.24) is 10.2 Å². The predicted octanol–water partition coefficient (Wildman–Crippen LogP) is 2.51. The van der Waals surface area contributed by atoms with Gasteiger partial charge in [0.1, 0.15) is 6.04 Å². The smallest absolute Gasteiger partial charge is 0.318 e. The number of rotatable bonds is 4. The van der Waals surface area contributed by atoms with Crippen molar-refractivity contribution in [3.05, 3.63) is 35.9 Å². The minimum Gasteiger partial charge on any atom is -0.325 e. The van der Waals surface area contributed by atoms with Crippen molar-refractivity contribution >= 4 is 11.8 Å². The van der Waals surface area contributed by atoms with E-state index in [0.717, 1.165) is 31.5 Å². The molecule has 2 amide bonds. The zero-order valence-corrected chi connectivity index (χ0v) is 11.3. The van der Waals surface area contributed by atoms with Crippen LogP contribution in [0.1, 0.15) is 37.8 Å². The fourth-order valence-corrected chi connectivity index (χ4v) is 2.33. The van der Waals surface area contributed by atoms with E-state index in [1.165, 1.54) is 0 Å². The zero-order chi connectivity index (χ0) is 13.7. The Morgan fingerprint density at radius 1 is 1.21 bits per heavy atom. The number of nitrogens with zero attached hydrogens (tertiary/aromatic N) is 1. The van der Waals surface area contributed by atoms with Crippen molar-refractivity contribution in [1.29, 1.82) is 0 Å². The van der Waals surface area contributed by atoms with Gasteiger partial charge in [0.15, 0.2) is 5.78 Å². The Morgan fingerprint density at radius 3 is 2.42 bits per heavy atom. The molecule has 0 spiro atoms. The second-order valence-corrected chi connectivity index (χ2v) is 4.81. The number of carbonyl (C=O) groups is 2. The molecule has 1 saturated heterocycles. The Kier molecular flexibility index (Phi) is 4.55. The number of Topliss-reactive ketones (excluding diaryl/α,β-unsaturated/α-hetero) is 1. The minimum atomic E-state index is -0.528. The van der Waals surface area contributed by atoms with Crippen molar-refractivity contribution < 1.29 is 9.59 Å². The molecule has 4 heteroatoms. The van der Waals surface area contributed by atoms with Gasteiger partial charge in [-0.3, -0.25) is 4.79 Å². The Labute approximate surface area is 113 Å². The van der Waals surface area contributed by atoms with E-state index in [4.69, 9.17) is 0 Å². The lowest BCUT2D eigenvalue weighted by Crippen LogP contribution is -2.42. The Bertz CT molecular complexity index is 439.